The zero-order valence-corrected chi connectivity index (χ0v) is 23.2. The van der Waals surface area contributed by atoms with Gasteiger partial charge >= 0.3 is 0 Å². The van der Waals surface area contributed by atoms with Crippen LogP contribution >= 0.6 is 15.9 Å². The molecule has 1 unspecified atom stereocenters. The van der Waals surface area contributed by atoms with Crippen molar-refractivity contribution in [1.82, 2.24) is 4.90 Å². The summed E-state index contributed by atoms with van der Waals surface area (Å²) in [5.41, 5.74) is 4.86. The van der Waals surface area contributed by atoms with Gasteiger partial charge in [-0.05, 0) is 61.7 Å². The Morgan fingerprint density at radius 2 is 1.92 bits per heavy atom. The second-order valence-electron chi connectivity index (χ2n) is 10.0. The topological polar surface area (TPSA) is 99.5 Å². The number of anilines is 3. The lowest BCUT2D eigenvalue weighted by Gasteiger charge is -2.36. The number of nitro groups is 1. The van der Waals surface area contributed by atoms with Crippen molar-refractivity contribution in [2.75, 3.05) is 50.3 Å². The molecule has 1 amide bonds. The molecule has 0 fully saturated rings. The second-order valence-corrected chi connectivity index (χ2v) is 11.0. The molecule has 4 rings (SSSR count). The number of halogens is 1. The van der Waals surface area contributed by atoms with Crippen LogP contribution in [0.5, 0.6) is 0 Å². The van der Waals surface area contributed by atoms with Crippen LogP contribution in [0.15, 0.2) is 83.4 Å². The number of carbonyl (C=O) groups is 1. The van der Waals surface area contributed by atoms with E-state index in [0.29, 0.717) is 24.2 Å². The van der Waals surface area contributed by atoms with E-state index in [-0.39, 0.29) is 17.8 Å². The van der Waals surface area contributed by atoms with Crippen LogP contribution in [0, 0.1) is 10.1 Å². The van der Waals surface area contributed by atoms with Crippen LogP contribution in [0.3, 0.4) is 0 Å². The highest BCUT2D eigenvalue weighted by molar-refractivity contribution is 9.10. The fourth-order valence-electron chi connectivity index (χ4n) is 4.40. The average Bonchev–Trinajstić information content (AvgIpc) is 2.86. The zero-order chi connectivity index (χ0) is 27.3. The summed E-state index contributed by atoms with van der Waals surface area (Å²) in [4.78, 5) is 25.3. The van der Waals surface area contributed by atoms with E-state index in [1.165, 1.54) is 12.1 Å². The summed E-state index contributed by atoms with van der Waals surface area (Å²) >= 11 is 3.53. The number of quaternary nitrogens is 1. The number of amides is 1. The molecule has 3 aromatic rings. The molecule has 0 radical (unpaired) electrons. The van der Waals surface area contributed by atoms with Crippen molar-refractivity contribution < 1.29 is 14.2 Å². The average molecular weight is 581 g/mol. The molecule has 0 spiro atoms. The van der Waals surface area contributed by atoms with Gasteiger partial charge < -0.3 is 20.4 Å². The van der Waals surface area contributed by atoms with Crippen LogP contribution in [0.25, 0.3) is 0 Å². The van der Waals surface area contributed by atoms with Gasteiger partial charge in [0.15, 0.2) is 0 Å². The van der Waals surface area contributed by atoms with Gasteiger partial charge in [-0.2, -0.15) is 0 Å². The summed E-state index contributed by atoms with van der Waals surface area (Å²) in [5, 5.41) is 20.8. The third kappa shape index (κ3) is 7.18. The number of nitro benzene ring substituents is 1. The van der Waals surface area contributed by atoms with Crippen LogP contribution in [-0.4, -0.2) is 54.6 Å². The van der Waals surface area contributed by atoms with E-state index < -0.39 is 4.92 Å². The number of carbonyl (C=O) groups excluding carboxylic acids is 1. The molecule has 1 heterocycles. The number of rotatable bonds is 9. The molecular formula is C28H32BrN6O3+. The minimum Gasteiger partial charge on any atom is -0.372 e. The standard InChI is InChI=1S/C28H31BrN6O3/c1-33-19-30-26-14-11-23(17-25(26)28(33)32-22-7-4-6-21(29)16-22)31-27(36)8-5-15-35(2,3)18-20-9-12-24(13-10-20)34(37)38/h4-14,16-17,28,30,32H,15,18-19H2,1-3H3/p+1/b8-5+. The largest absolute Gasteiger partial charge is 0.372 e. The van der Waals surface area contributed by atoms with Crippen molar-refractivity contribution in [3.05, 3.63) is 105 Å². The van der Waals surface area contributed by atoms with Crippen LogP contribution < -0.4 is 16.0 Å². The van der Waals surface area contributed by atoms with Gasteiger partial charge in [0, 0.05) is 50.9 Å². The van der Waals surface area contributed by atoms with Crippen LogP contribution in [0.4, 0.5) is 22.7 Å². The number of fused-ring (bicyclic) bond motifs is 1. The monoisotopic (exact) mass is 579 g/mol. The molecule has 198 valence electrons. The van der Waals surface area contributed by atoms with E-state index in [1.54, 1.807) is 18.2 Å². The molecule has 1 atom stereocenters. The summed E-state index contributed by atoms with van der Waals surface area (Å²) in [6.07, 6.45) is 3.34. The molecular weight excluding hydrogens is 548 g/mol. The number of nitrogens with one attached hydrogen (secondary N) is 3. The summed E-state index contributed by atoms with van der Waals surface area (Å²) < 4.78 is 1.60. The van der Waals surface area contributed by atoms with Gasteiger partial charge in [-0.25, -0.2) is 0 Å². The van der Waals surface area contributed by atoms with E-state index in [2.05, 4.69) is 50.9 Å². The number of likely N-dealkylation sites (N-methyl/N-ethyl adjacent to an activating group) is 1. The van der Waals surface area contributed by atoms with Gasteiger partial charge in [-0.1, -0.05) is 22.0 Å². The summed E-state index contributed by atoms with van der Waals surface area (Å²) in [5.74, 6) is -0.200. The van der Waals surface area contributed by atoms with E-state index >= 15 is 0 Å². The lowest BCUT2D eigenvalue weighted by atomic mass is 10.1. The van der Waals surface area contributed by atoms with Gasteiger partial charge in [0.1, 0.15) is 12.7 Å². The molecule has 0 saturated carbocycles. The Morgan fingerprint density at radius 1 is 1.16 bits per heavy atom. The lowest BCUT2D eigenvalue weighted by Crippen LogP contribution is -2.39. The molecule has 1 aliphatic rings. The zero-order valence-electron chi connectivity index (χ0n) is 21.6. The van der Waals surface area contributed by atoms with Crippen molar-refractivity contribution in [3.63, 3.8) is 0 Å². The van der Waals surface area contributed by atoms with Gasteiger partial charge in [-0.3, -0.25) is 19.8 Å². The van der Waals surface area contributed by atoms with E-state index in [4.69, 9.17) is 0 Å². The van der Waals surface area contributed by atoms with Crippen molar-refractivity contribution in [2.45, 2.75) is 12.7 Å². The minimum atomic E-state index is -0.401. The summed E-state index contributed by atoms with van der Waals surface area (Å²) in [7, 11) is 6.14. The fraction of sp³-hybridized carbons (Fsp3) is 0.250. The highest BCUT2D eigenvalue weighted by atomic mass is 79.9. The fourth-order valence-corrected chi connectivity index (χ4v) is 4.80. The predicted molar refractivity (Wildman–Crippen MR) is 155 cm³/mol. The number of hydrogen-bond donors (Lipinski definition) is 3. The molecule has 0 aromatic heterocycles. The minimum absolute atomic E-state index is 0.0644. The van der Waals surface area contributed by atoms with Gasteiger partial charge in [0.25, 0.3) is 5.69 Å². The SMILES string of the molecule is CN1CNc2ccc(NC(=O)/C=C/C[N+](C)(C)Cc3ccc([N+](=O)[O-])cc3)cc2C1Nc1cccc(Br)c1. The Kier molecular flexibility index (Phi) is 8.45. The predicted octanol–water partition coefficient (Wildman–Crippen LogP) is 5.55. The highest BCUT2D eigenvalue weighted by Crippen LogP contribution is 2.34. The quantitative estimate of drug-likeness (QED) is 0.133. The Hall–Kier alpha value is -3.73. The van der Waals surface area contributed by atoms with Crippen LogP contribution in [-0.2, 0) is 11.3 Å². The van der Waals surface area contributed by atoms with Crippen molar-refractivity contribution in [3.8, 4) is 0 Å². The first-order valence-corrected chi connectivity index (χ1v) is 13.0. The van der Waals surface area contributed by atoms with E-state index in [1.807, 2.05) is 55.6 Å². The summed E-state index contributed by atoms with van der Waals surface area (Å²) in [6, 6.07) is 20.5. The normalized spacial score (nSPS) is 15.5. The van der Waals surface area contributed by atoms with Gasteiger partial charge in [0.05, 0.1) is 32.2 Å². The summed E-state index contributed by atoms with van der Waals surface area (Å²) in [6.45, 7) is 2.00. The second kappa shape index (κ2) is 11.8. The molecule has 3 aromatic carbocycles. The maximum Gasteiger partial charge on any atom is 0.269 e. The molecule has 1 aliphatic heterocycles. The first-order valence-electron chi connectivity index (χ1n) is 12.2. The van der Waals surface area contributed by atoms with Crippen molar-refractivity contribution >= 4 is 44.6 Å². The number of benzene rings is 3. The number of hydrogen-bond acceptors (Lipinski definition) is 6. The van der Waals surface area contributed by atoms with Crippen LogP contribution in [0.2, 0.25) is 0 Å². The smallest absolute Gasteiger partial charge is 0.269 e. The van der Waals surface area contributed by atoms with Crippen molar-refractivity contribution in [1.29, 1.82) is 0 Å². The van der Waals surface area contributed by atoms with E-state index in [0.717, 1.165) is 32.7 Å². The number of non-ortho nitro benzene ring substituents is 1. The highest BCUT2D eigenvalue weighted by Gasteiger charge is 2.25. The Labute approximate surface area is 231 Å². The van der Waals surface area contributed by atoms with E-state index in [9.17, 15) is 14.9 Å². The third-order valence-electron chi connectivity index (χ3n) is 6.33. The number of nitrogens with zero attached hydrogens (tertiary/aromatic N) is 3. The Morgan fingerprint density at radius 3 is 2.63 bits per heavy atom. The molecule has 38 heavy (non-hydrogen) atoms. The maximum atomic E-state index is 12.7. The van der Waals surface area contributed by atoms with Crippen molar-refractivity contribution in [2.24, 2.45) is 0 Å². The third-order valence-corrected chi connectivity index (χ3v) is 6.82. The van der Waals surface area contributed by atoms with Crippen LogP contribution in [0.1, 0.15) is 17.3 Å². The Bertz CT molecular complexity index is 1340. The molecule has 0 bridgehead atoms. The van der Waals surface area contributed by atoms with Gasteiger partial charge in [0.2, 0.25) is 5.91 Å². The van der Waals surface area contributed by atoms with Gasteiger partial charge in [-0.15, -0.1) is 0 Å². The molecule has 9 nitrogen and oxygen atoms in total. The molecule has 0 saturated heterocycles. The Balaban J connectivity index is 1.38. The lowest BCUT2D eigenvalue weighted by molar-refractivity contribution is -0.897. The first-order chi connectivity index (χ1) is 18.1. The molecule has 0 aliphatic carbocycles. The molecule has 10 heteroatoms. The first kappa shape index (κ1) is 27.3. The maximum absolute atomic E-state index is 12.7. The molecule has 3 N–H and O–H groups in total.